The van der Waals surface area contributed by atoms with Gasteiger partial charge in [0.05, 0.1) is 4.90 Å². The molecule has 2 aliphatic heterocycles. The zero-order valence-corrected chi connectivity index (χ0v) is 23.0. The third kappa shape index (κ3) is 6.61. The van der Waals surface area contributed by atoms with Crippen molar-refractivity contribution in [2.45, 2.75) is 49.8 Å². The van der Waals surface area contributed by atoms with Crippen LogP contribution >= 0.6 is 0 Å². The first-order valence-electron chi connectivity index (χ1n) is 13.5. The largest absolute Gasteiger partial charge is 0.325 e. The Morgan fingerprint density at radius 2 is 1.12 bits per heavy atom. The number of nitrogens with zero attached hydrogens (tertiary/aromatic N) is 6. The van der Waals surface area contributed by atoms with Crippen molar-refractivity contribution >= 4 is 57.0 Å². The van der Waals surface area contributed by atoms with Crippen LogP contribution in [0.3, 0.4) is 0 Å². The SMILES string of the molecule is O=S(=O)(O)c1ccccc1CCCCCCCc1cc2nc3nc(nc4ccc(nc5nc(nc1[nH]2)C=C5)[nH]4)C=C3. The lowest BCUT2D eigenvalue weighted by Crippen LogP contribution is -2.03. The van der Waals surface area contributed by atoms with Crippen molar-refractivity contribution in [1.82, 2.24) is 39.9 Å². The van der Waals surface area contributed by atoms with E-state index in [-0.39, 0.29) is 4.90 Å². The fourth-order valence-electron chi connectivity index (χ4n) is 4.86. The molecule has 0 unspecified atom stereocenters. The Hall–Kier alpha value is -4.55. The van der Waals surface area contributed by atoms with E-state index in [4.69, 9.17) is 4.98 Å². The normalized spacial score (nSPS) is 12.7. The Bertz CT molecular complexity index is 1930. The standard InChI is InChI=1S/C29H28N8O3S/c38-41(39,40)21-11-7-6-9-19(21)8-4-2-1-3-5-10-20-18-28-35-26-15-14-24(33-26)31-22-12-13-23(30-22)32-25-16-17-27(34-25)36-29(20)37-28/h6-7,9,11-18H,1-5,8,10H2,(H,38,39,40)(H2,30,31,32,33,34,35,36,37). The fraction of sp³-hybridized carbons (Fsp3) is 0.241. The van der Waals surface area contributed by atoms with E-state index in [2.05, 4.69) is 34.9 Å². The van der Waals surface area contributed by atoms with E-state index in [0.717, 1.165) is 44.1 Å². The van der Waals surface area contributed by atoms with E-state index in [1.165, 1.54) is 6.07 Å². The second-order valence-corrected chi connectivity index (χ2v) is 11.3. The molecule has 0 amide bonds. The molecule has 0 radical (unpaired) electrons. The number of H-pyrrole nitrogens is 2. The molecule has 208 valence electrons. The smallest absolute Gasteiger partial charge is 0.294 e. The van der Waals surface area contributed by atoms with E-state index in [9.17, 15) is 13.0 Å². The Labute approximate surface area is 236 Å². The van der Waals surface area contributed by atoms with Crippen LogP contribution in [0.4, 0.5) is 0 Å². The van der Waals surface area contributed by atoms with E-state index in [0.29, 0.717) is 57.9 Å². The van der Waals surface area contributed by atoms with Crippen LogP contribution < -0.4 is 0 Å². The number of benzene rings is 1. The summed E-state index contributed by atoms with van der Waals surface area (Å²) in [5, 5.41) is 0. The van der Waals surface area contributed by atoms with Crippen LogP contribution in [0, 0.1) is 0 Å². The van der Waals surface area contributed by atoms with Gasteiger partial charge in [0, 0.05) is 0 Å². The summed E-state index contributed by atoms with van der Waals surface area (Å²) in [5.41, 5.74) is 4.35. The number of nitrogens with one attached hydrogen (secondary N) is 2. The van der Waals surface area contributed by atoms with Gasteiger partial charge in [-0.15, -0.1) is 0 Å². The first-order valence-corrected chi connectivity index (χ1v) is 14.9. The van der Waals surface area contributed by atoms with Crippen molar-refractivity contribution < 1.29 is 13.0 Å². The number of aromatic nitrogens is 8. The van der Waals surface area contributed by atoms with Gasteiger partial charge in [-0.25, -0.2) is 29.9 Å². The molecular formula is C29H28N8O3S. The molecule has 0 aliphatic carbocycles. The van der Waals surface area contributed by atoms with Gasteiger partial charge in [-0.1, -0.05) is 37.5 Å². The van der Waals surface area contributed by atoms with Gasteiger partial charge < -0.3 is 9.97 Å². The molecular weight excluding hydrogens is 540 g/mol. The number of hydrogen-bond acceptors (Lipinski definition) is 8. The molecule has 4 aromatic rings. The van der Waals surface area contributed by atoms with Crippen LogP contribution in [-0.4, -0.2) is 52.8 Å². The molecule has 0 saturated heterocycles. The van der Waals surface area contributed by atoms with E-state index < -0.39 is 10.1 Å². The number of fused-ring (bicyclic) bond motifs is 8. The minimum atomic E-state index is -4.21. The maximum Gasteiger partial charge on any atom is 0.294 e. The molecule has 0 atom stereocenters. The molecule has 41 heavy (non-hydrogen) atoms. The average molecular weight is 569 g/mol. The average Bonchev–Trinajstić information content (AvgIpc) is 3.74. The van der Waals surface area contributed by atoms with Gasteiger partial charge in [-0.2, -0.15) is 8.42 Å². The lowest BCUT2D eigenvalue weighted by molar-refractivity contribution is 0.481. The summed E-state index contributed by atoms with van der Waals surface area (Å²) in [7, 11) is -4.21. The van der Waals surface area contributed by atoms with Gasteiger partial charge in [0.15, 0.2) is 23.3 Å². The molecule has 5 heterocycles. The van der Waals surface area contributed by atoms with Crippen LogP contribution in [0.2, 0.25) is 0 Å². The predicted octanol–water partition coefficient (Wildman–Crippen LogP) is 5.22. The number of unbranched alkanes of at least 4 members (excludes halogenated alkanes) is 4. The van der Waals surface area contributed by atoms with Crippen LogP contribution in [-0.2, 0) is 23.0 Å². The van der Waals surface area contributed by atoms with Crippen LogP contribution in [0.15, 0.2) is 47.4 Å². The summed E-state index contributed by atoms with van der Waals surface area (Å²) in [5.74, 6) is 2.21. The minimum Gasteiger partial charge on any atom is -0.325 e. The summed E-state index contributed by atoms with van der Waals surface area (Å²) in [4.78, 5) is 34.0. The van der Waals surface area contributed by atoms with Gasteiger partial charge in [0.1, 0.15) is 22.6 Å². The maximum atomic E-state index is 11.6. The molecule has 11 nitrogen and oxygen atoms in total. The molecule has 0 saturated carbocycles. The van der Waals surface area contributed by atoms with Crippen LogP contribution in [0.25, 0.3) is 46.9 Å². The van der Waals surface area contributed by atoms with Gasteiger partial charge in [-0.05, 0) is 85.4 Å². The van der Waals surface area contributed by atoms with Crippen molar-refractivity contribution in [1.29, 1.82) is 0 Å². The highest BCUT2D eigenvalue weighted by atomic mass is 32.2. The van der Waals surface area contributed by atoms with Crippen molar-refractivity contribution in [3.05, 3.63) is 76.9 Å². The molecule has 3 aromatic heterocycles. The second-order valence-electron chi connectivity index (χ2n) is 9.88. The van der Waals surface area contributed by atoms with Crippen molar-refractivity contribution in [3.63, 3.8) is 0 Å². The Kier molecular flexibility index (Phi) is 7.49. The fourth-order valence-corrected chi connectivity index (χ4v) is 5.62. The molecule has 3 N–H and O–H groups in total. The van der Waals surface area contributed by atoms with Gasteiger partial charge in [-0.3, -0.25) is 4.55 Å². The van der Waals surface area contributed by atoms with Gasteiger partial charge in [0.2, 0.25) is 0 Å². The van der Waals surface area contributed by atoms with Crippen molar-refractivity contribution in [2.75, 3.05) is 0 Å². The summed E-state index contributed by atoms with van der Waals surface area (Å²) >= 11 is 0. The first-order chi connectivity index (χ1) is 19.9. The summed E-state index contributed by atoms with van der Waals surface area (Å²) < 4.78 is 32.6. The zero-order chi connectivity index (χ0) is 28.2. The van der Waals surface area contributed by atoms with Gasteiger partial charge >= 0.3 is 0 Å². The second kappa shape index (κ2) is 11.5. The molecule has 8 bridgehead atoms. The lowest BCUT2D eigenvalue weighted by atomic mass is 10.0. The van der Waals surface area contributed by atoms with E-state index in [1.807, 2.05) is 42.5 Å². The molecule has 2 aliphatic rings. The molecule has 6 rings (SSSR count). The summed E-state index contributed by atoms with van der Waals surface area (Å²) in [6, 6.07) is 12.3. The first kappa shape index (κ1) is 26.7. The number of aryl methyl sites for hydroxylation is 2. The van der Waals surface area contributed by atoms with Crippen LogP contribution in [0.5, 0.6) is 0 Å². The van der Waals surface area contributed by atoms with Crippen LogP contribution in [0.1, 0.15) is 66.5 Å². The third-order valence-electron chi connectivity index (χ3n) is 6.81. The summed E-state index contributed by atoms with van der Waals surface area (Å²) in [6.07, 6.45) is 13.5. The van der Waals surface area contributed by atoms with Crippen molar-refractivity contribution in [2.24, 2.45) is 0 Å². The lowest BCUT2D eigenvalue weighted by Gasteiger charge is -2.06. The Morgan fingerprint density at radius 3 is 1.76 bits per heavy atom. The highest BCUT2D eigenvalue weighted by Gasteiger charge is 2.14. The highest BCUT2D eigenvalue weighted by Crippen LogP contribution is 2.20. The van der Waals surface area contributed by atoms with E-state index >= 15 is 0 Å². The quantitative estimate of drug-likeness (QED) is 0.157. The third-order valence-corrected chi connectivity index (χ3v) is 7.77. The Balaban J connectivity index is 1.17. The number of rotatable bonds is 9. The highest BCUT2D eigenvalue weighted by molar-refractivity contribution is 7.85. The van der Waals surface area contributed by atoms with E-state index in [1.54, 1.807) is 18.2 Å². The molecule has 12 heteroatoms. The maximum absolute atomic E-state index is 11.6. The molecule has 0 fully saturated rings. The zero-order valence-electron chi connectivity index (χ0n) is 22.2. The Morgan fingerprint density at radius 1 is 0.585 bits per heavy atom. The minimum absolute atomic E-state index is 0.00118. The number of hydrogen-bond donors (Lipinski definition) is 3. The monoisotopic (exact) mass is 568 g/mol. The summed E-state index contributed by atoms with van der Waals surface area (Å²) in [6.45, 7) is 0. The molecule has 1 aromatic carbocycles. The number of aromatic amines is 2. The topological polar surface area (TPSA) is 163 Å². The molecule has 0 spiro atoms. The predicted molar refractivity (Wildman–Crippen MR) is 157 cm³/mol. The van der Waals surface area contributed by atoms with Gasteiger partial charge in [0.25, 0.3) is 10.1 Å². The van der Waals surface area contributed by atoms with Crippen molar-refractivity contribution in [3.8, 4) is 0 Å².